The Morgan fingerprint density at radius 1 is 0.425 bits per heavy atom. The average molecular weight is 564 g/mol. The van der Waals surface area contributed by atoms with Crippen molar-refractivity contribution in [3.05, 3.63) is 0 Å². The zero-order valence-electron chi connectivity index (χ0n) is 27.3. The smallest absolute Gasteiger partial charge is 0.305 e. The van der Waals surface area contributed by atoms with E-state index in [1.807, 2.05) is 6.29 Å². The second-order valence-electron chi connectivity index (χ2n) is 12.5. The molecule has 0 spiro atoms. The van der Waals surface area contributed by atoms with Crippen LogP contribution in [-0.4, -0.2) is 18.9 Å². The second kappa shape index (κ2) is 36.2. The molecule has 0 rings (SSSR count). The Balaban J connectivity index is 3.14. The lowest BCUT2D eigenvalue weighted by Gasteiger charge is -2.06. The first-order valence-corrected chi connectivity index (χ1v) is 18.3. The summed E-state index contributed by atoms with van der Waals surface area (Å²) in [4.78, 5) is 22.1. The van der Waals surface area contributed by atoms with E-state index in [-0.39, 0.29) is 5.97 Å². The van der Waals surface area contributed by atoms with Gasteiger partial charge in [0, 0.05) is 12.8 Å². The van der Waals surface area contributed by atoms with Gasteiger partial charge in [0.05, 0.1) is 6.61 Å². The lowest BCUT2D eigenvalue weighted by molar-refractivity contribution is -0.143. The first-order valence-electron chi connectivity index (χ1n) is 18.3. The van der Waals surface area contributed by atoms with Crippen LogP contribution in [0.4, 0.5) is 0 Å². The molecule has 0 bridgehead atoms. The lowest BCUT2D eigenvalue weighted by atomic mass is 10.0. The molecule has 0 heterocycles. The van der Waals surface area contributed by atoms with Crippen molar-refractivity contribution >= 4 is 12.3 Å². The molecule has 0 unspecified atom stereocenters. The van der Waals surface area contributed by atoms with Crippen LogP contribution in [-0.2, 0) is 14.3 Å². The van der Waals surface area contributed by atoms with E-state index >= 15 is 0 Å². The molecule has 0 aliphatic heterocycles. The zero-order valence-corrected chi connectivity index (χ0v) is 27.3. The van der Waals surface area contributed by atoms with Crippen LogP contribution >= 0.6 is 0 Å². The third-order valence-electron chi connectivity index (χ3n) is 8.42. The molecule has 0 aromatic rings. The maximum atomic E-state index is 11.9. The summed E-state index contributed by atoms with van der Waals surface area (Å²) in [6.45, 7) is 2.90. The van der Waals surface area contributed by atoms with E-state index in [1.165, 1.54) is 180 Å². The minimum atomic E-state index is 0.00782. The van der Waals surface area contributed by atoms with Gasteiger partial charge >= 0.3 is 5.97 Å². The fraction of sp³-hybridized carbons (Fsp3) is 0.946. The second-order valence-corrected chi connectivity index (χ2v) is 12.5. The molecular formula is C37H71O3. The van der Waals surface area contributed by atoms with Crippen LogP contribution in [0.2, 0.25) is 0 Å². The van der Waals surface area contributed by atoms with Gasteiger partial charge in [-0.2, -0.15) is 0 Å². The largest absolute Gasteiger partial charge is 0.466 e. The number of carbonyl (C=O) groups is 1. The monoisotopic (exact) mass is 564 g/mol. The van der Waals surface area contributed by atoms with Crippen molar-refractivity contribution in [2.75, 3.05) is 6.61 Å². The minimum absolute atomic E-state index is 0.00782. The quantitative estimate of drug-likeness (QED) is 0.0569. The van der Waals surface area contributed by atoms with Gasteiger partial charge in [-0.3, -0.25) is 9.59 Å². The SMILES string of the molecule is CCCCCCCCCCCCCCCCCCCCCCC(=O)OCCCCCCCCCCCCC[C]=O. The summed E-state index contributed by atoms with van der Waals surface area (Å²) < 4.78 is 5.42. The minimum Gasteiger partial charge on any atom is -0.466 e. The highest BCUT2D eigenvalue weighted by atomic mass is 16.5. The summed E-state index contributed by atoms with van der Waals surface area (Å²) >= 11 is 0. The molecular weight excluding hydrogens is 492 g/mol. The van der Waals surface area contributed by atoms with Crippen molar-refractivity contribution in [1.82, 2.24) is 0 Å². The number of hydrogen-bond acceptors (Lipinski definition) is 3. The molecule has 0 aliphatic rings. The van der Waals surface area contributed by atoms with Gasteiger partial charge in [-0.1, -0.05) is 187 Å². The molecule has 0 aromatic carbocycles. The topological polar surface area (TPSA) is 43.4 Å². The summed E-state index contributed by atoms with van der Waals surface area (Å²) in [6.07, 6.45) is 44.3. The number of ether oxygens (including phenoxy) is 1. The van der Waals surface area contributed by atoms with Crippen LogP contribution in [0.1, 0.15) is 219 Å². The van der Waals surface area contributed by atoms with Crippen LogP contribution in [0.5, 0.6) is 0 Å². The summed E-state index contributed by atoms with van der Waals surface area (Å²) in [5.74, 6) is 0.00782. The fourth-order valence-corrected chi connectivity index (χ4v) is 5.67. The maximum Gasteiger partial charge on any atom is 0.305 e. The Kier molecular flexibility index (Phi) is 35.4. The molecule has 0 amide bonds. The van der Waals surface area contributed by atoms with Crippen LogP contribution in [0, 0.1) is 0 Å². The molecule has 3 heteroatoms. The van der Waals surface area contributed by atoms with Gasteiger partial charge in [-0.25, -0.2) is 0 Å². The molecule has 0 N–H and O–H groups in total. The summed E-state index contributed by atoms with van der Waals surface area (Å²) in [7, 11) is 0. The lowest BCUT2D eigenvalue weighted by Crippen LogP contribution is -2.05. The highest BCUT2D eigenvalue weighted by Gasteiger charge is 2.03. The number of unbranched alkanes of at least 4 members (excludes halogenated alkanes) is 30. The molecule has 0 fully saturated rings. The first-order chi connectivity index (χ1) is 19.8. The van der Waals surface area contributed by atoms with Gasteiger partial charge in [-0.15, -0.1) is 0 Å². The molecule has 0 saturated carbocycles. The normalized spacial score (nSPS) is 11.2. The van der Waals surface area contributed by atoms with E-state index in [2.05, 4.69) is 6.92 Å². The predicted octanol–water partition coefficient (Wildman–Crippen LogP) is 12.5. The van der Waals surface area contributed by atoms with Crippen molar-refractivity contribution in [3.63, 3.8) is 0 Å². The van der Waals surface area contributed by atoms with Gasteiger partial charge in [0.15, 0.2) is 6.29 Å². The van der Waals surface area contributed by atoms with Gasteiger partial charge in [0.2, 0.25) is 0 Å². The Morgan fingerprint density at radius 2 is 0.725 bits per heavy atom. The number of carbonyl (C=O) groups excluding carboxylic acids is 2. The number of esters is 1. The van der Waals surface area contributed by atoms with Crippen molar-refractivity contribution in [2.45, 2.75) is 219 Å². The summed E-state index contributed by atoms with van der Waals surface area (Å²) in [6, 6.07) is 0. The van der Waals surface area contributed by atoms with Crippen LogP contribution in [0.3, 0.4) is 0 Å². The van der Waals surface area contributed by atoms with Gasteiger partial charge < -0.3 is 4.74 Å². The van der Waals surface area contributed by atoms with Crippen molar-refractivity contribution in [1.29, 1.82) is 0 Å². The van der Waals surface area contributed by atoms with Crippen LogP contribution < -0.4 is 0 Å². The maximum absolute atomic E-state index is 11.9. The average Bonchev–Trinajstić information content (AvgIpc) is 2.96. The molecule has 40 heavy (non-hydrogen) atoms. The number of hydrogen-bond donors (Lipinski definition) is 0. The molecule has 3 nitrogen and oxygen atoms in total. The molecule has 0 atom stereocenters. The zero-order chi connectivity index (χ0) is 29.0. The van der Waals surface area contributed by atoms with E-state index < -0.39 is 0 Å². The van der Waals surface area contributed by atoms with Crippen molar-refractivity contribution in [3.8, 4) is 0 Å². The first kappa shape index (κ1) is 39.1. The van der Waals surface area contributed by atoms with Crippen molar-refractivity contribution in [2.24, 2.45) is 0 Å². The standard InChI is InChI=1S/C37H71O3/c1-2-3-4-5-6-7-8-9-10-11-12-13-14-15-16-19-22-25-28-31-34-37(39)40-36-33-30-27-24-21-18-17-20-23-26-29-32-35-38/h2-34,36H2,1H3. The van der Waals surface area contributed by atoms with Crippen LogP contribution in [0.25, 0.3) is 0 Å². The van der Waals surface area contributed by atoms with Gasteiger partial charge in [-0.05, 0) is 19.3 Å². The highest BCUT2D eigenvalue weighted by Crippen LogP contribution is 2.16. The summed E-state index contributed by atoms with van der Waals surface area (Å²) in [5, 5.41) is 0. The molecule has 237 valence electrons. The van der Waals surface area contributed by atoms with Gasteiger partial charge in [0.1, 0.15) is 0 Å². The molecule has 1 radical (unpaired) electrons. The molecule has 0 saturated heterocycles. The Morgan fingerprint density at radius 3 is 1.07 bits per heavy atom. The van der Waals surface area contributed by atoms with E-state index in [1.54, 1.807) is 0 Å². The predicted molar refractivity (Wildman–Crippen MR) is 175 cm³/mol. The van der Waals surface area contributed by atoms with E-state index in [4.69, 9.17) is 4.74 Å². The van der Waals surface area contributed by atoms with E-state index in [0.29, 0.717) is 19.4 Å². The molecule has 0 aliphatic carbocycles. The Hall–Kier alpha value is -0.860. The molecule has 0 aromatic heterocycles. The fourth-order valence-electron chi connectivity index (χ4n) is 5.67. The Labute approximate surface area is 251 Å². The van der Waals surface area contributed by atoms with E-state index in [0.717, 1.165) is 19.3 Å². The highest BCUT2D eigenvalue weighted by molar-refractivity contribution is 5.69. The third-order valence-corrected chi connectivity index (χ3v) is 8.42. The summed E-state index contributed by atoms with van der Waals surface area (Å²) in [5.41, 5.74) is 0. The van der Waals surface area contributed by atoms with Crippen LogP contribution in [0.15, 0.2) is 0 Å². The van der Waals surface area contributed by atoms with Gasteiger partial charge in [0.25, 0.3) is 0 Å². The number of rotatable bonds is 35. The third kappa shape index (κ3) is 35.2. The van der Waals surface area contributed by atoms with Crippen molar-refractivity contribution < 1.29 is 14.3 Å². The Bertz CT molecular complexity index is 490. The van der Waals surface area contributed by atoms with E-state index in [9.17, 15) is 9.59 Å².